The normalized spacial score (nSPS) is 16.0. The molecule has 1 aromatic rings. The monoisotopic (exact) mass is 339 g/mol. The lowest BCUT2D eigenvalue weighted by Crippen LogP contribution is -2.48. The summed E-state index contributed by atoms with van der Waals surface area (Å²) in [5, 5.41) is 6.04. The van der Waals surface area contributed by atoms with Gasteiger partial charge in [-0.2, -0.15) is 0 Å². The zero-order valence-corrected chi connectivity index (χ0v) is 14.7. The summed E-state index contributed by atoms with van der Waals surface area (Å²) >= 11 is 0. The van der Waals surface area contributed by atoms with E-state index in [9.17, 15) is 13.2 Å². The number of nitrogens with one attached hydrogen (secondary N) is 3. The Morgan fingerprint density at radius 3 is 2.57 bits per heavy atom. The van der Waals surface area contributed by atoms with E-state index in [-0.39, 0.29) is 11.7 Å². The minimum absolute atomic E-state index is 0.141. The molecule has 1 aliphatic rings. The highest BCUT2D eigenvalue weighted by Gasteiger charge is 2.21. The summed E-state index contributed by atoms with van der Waals surface area (Å²) in [6, 6.07) is 6.76. The van der Waals surface area contributed by atoms with E-state index in [0.29, 0.717) is 23.6 Å². The molecule has 0 spiro atoms. The van der Waals surface area contributed by atoms with Crippen LogP contribution in [-0.2, 0) is 15.8 Å². The molecule has 0 aliphatic carbocycles. The minimum Gasteiger partial charge on any atom is -0.352 e. The van der Waals surface area contributed by atoms with E-state index in [1.807, 2.05) is 0 Å². The molecule has 6 nitrogen and oxygen atoms in total. The summed E-state index contributed by atoms with van der Waals surface area (Å²) in [6.45, 7) is 7.88. The Morgan fingerprint density at radius 1 is 1.30 bits per heavy atom. The van der Waals surface area contributed by atoms with Crippen molar-refractivity contribution in [3.8, 4) is 0 Å². The maximum absolute atomic E-state index is 12.1. The van der Waals surface area contributed by atoms with Crippen molar-refractivity contribution in [1.82, 2.24) is 15.4 Å². The molecule has 0 aromatic heterocycles. The van der Waals surface area contributed by atoms with Gasteiger partial charge in [0.05, 0.1) is 5.75 Å². The second-order valence-electron chi connectivity index (χ2n) is 7.05. The molecule has 3 N–H and O–H groups in total. The maximum Gasteiger partial charge on any atom is 0.251 e. The van der Waals surface area contributed by atoms with Crippen molar-refractivity contribution in [2.45, 2.75) is 32.1 Å². The first-order chi connectivity index (χ1) is 10.6. The summed E-state index contributed by atoms with van der Waals surface area (Å²) in [6.07, 6.45) is 0. The molecule has 0 radical (unpaired) electrons. The topological polar surface area (TPSA) is 87.3 Å². The first kappa shape index (κ1) is 17.9. The van der Waals surface area contributed by atoms with Gasteiger partial charge in [-0.1, -0.05) is 12.1 Å². The summed E-state index contributed by atoms with van der Waals surface area (Å²) in [4.78, 5) is 12.1. The van der Waals surface area contributed by atoms with Gasteiger partial charge < -0.3 is 10.6 Å². The molecule has 128 valence electrons. The van der Waals surface area contributed by atoms with E-state index in [2.05, 4.69) is 15.4 Å². The predicted molar refractivity (Wildman–Crippen MR) is 90.6 cm³/mol. The Labute approximate surface area is 138 Å². The van der Waals surface area contributed by atoms with Gasteiger partial charge in [-0.25, -0.2) is 13.1 Å². The lowest BCUT2D eigenvalue weighted by molar-refractivity contribution is 0.0942. The quantitative estimate of drug-likeness (QED) is 0.717. The van der Waals surface area contributed by atoms with Crippen LogP contribution in [0, 0.1) is 5.92 Å². The number of hydrogen-bond donors (Lipinski definition) is 3. The molecule has 0 atom stereocenters. The van der Waals surface area contributed by atoms with Crippen molar-refractivity contribution in [2.75, 3.05) is 19.6 Å². The van der Waals surface area contributed by atoms with Gasteiger partial charge in [0.25, 0.3) is 5.91 Å². The van der Waals surface area contributed by atoms with Crippen LogP contribution in [0.1, 0.15) is 36.7 Å². The molecule has 1 aromatic carbocycles. The lowest BCUT2D eigenvalue weighted by atomic mass is 10.0. The number of hydrogen-bond acceptors (Lipinski definition) is 4. The van der Waals surface area contributed by atoms with Crippen molar-refractivity contribution >= 4 is 15.9 Å². The smallest absolute Gasteiger partial charge is 0.251 e. The highest BCUT2D eigenvalue weighted by molar-refractivity contribution is 7.88. The average Bonchev–Trinajstić information content (AvgIpc) is 2.33. The van der Waals surface area contributed by atoms with Gasteiger partial charge >= 0.3 is 0 Å². The van der Waals surface area contributed by atoms with E-state index < -0.39 is 15.6 Å². The van der Waals surface area contributed by atoms with Crippen molar-refractivity contribution in [1.29, 1.82) is 0 Å². The number of carbonyl (C=O) groups is 1. The second kappa shape index (κ2) is 6.98. The number of rotatable bonds is 6. The minimum atomic E-state index is -3.45. The SMILES string of the molecule is CC(C)(C)NS(=O)(=O)Cc1cccc(C(=O)NCC2CNC2)c1. The third-order valence-electron chi connectivity index (χ3n) is 3.42. The Morgan fingerprint density at radius 2 is 2.00 bits per heavy atom. The largest absolute Gasteiger partial charge is 0.352 e. The van der Waals surface area contributed by atoms with Crippen LogP contribution in [0.3, 0.4) is 0 Å². The fourth-order valence-corrected chi connectivity index (χ4v) is 3.98. The van der Waals surface area contributed by atoms with Crippen molar-refractivity contribution < 1.29 is 13.2 Å². The zero-order chi connectivity index (χ0) is 17.1. The van der Waals surface area contributed by atoms with Crippen LogP contribution < -0.4 is 15.4 Å². The summed E-state index contributed by atoms with van der Waals surface area (Å²) < 4.78 is 26.9. The standard InChI is InChI=1S/C16H25N3O3S/c1-16(2,3)19-23(21,22)11-12-5-4-6-14(7-12)15(20)18-10-13-8-17-9-13/h4-7,13,17,19H,8-11H2,1-3H3,(H,18,20). The van der Waals surface area contributed by atoms with Crippen LogP contribution in [0.5, 0.6) is 0 Å². The molecule has 7 heteroatoms. The van der Waals surface area contributed by atoms with Crippen LogP contribution in [-0.4, -0.2) is 39.5 Å². The van der Waals surface area contributed by atoms with Gasteiger partial charge in [0, 0.05) is 36.7 Å². The molecule has 23 heavy (non-hydrogen) atoms. The summed E-state index contributed by atoms with van der Waals surface area (Å²) in [7, 11) is -3.45. The molecular weight excluding hydrogens is 314 g/mol. The molecule has 1 saturated heterocycles. The van der Waals surface area contributed by atoms with Gasteiger partial charge in [-0.15, -0.1) is 0 Å². The molecule has 1 aliphatic heterocycles. The summed E-state index contributed by atoms with van der Waals surface area (Å²) in [5.41, 5.74) is 0.561. The Hall–Kier alpha value is -1.44. The van der Waals surface area contributed by atoms with E-state index in [1.165, 1.54) is 0 Å². The molecule has 2 rings (SSSR count). The fraction of sp³-hybridized carbons (Fsp3) is 0.562. The van der Waals surface area contributed by atoms with Crippen LogP contribution >= 0.6 is 0 Å². The molecule has 0 unspecified atom stereocenters. The third kappa shape index (κ3) is 5.93. The van der Waals surface area contributed by atoms with Crippen molar-refractivity contribution in [3.05, 3.63) is 35.4 Å². The zero-order valence-electron chi connectivity index (χ0n) is 13.8. The number of amides is 1. The van der Waals surface area contributed by atoms with Crippen molar-refractivity contribution in [2.24, 2.45) is 5.92 Å². The van der Waals surface area contributed by atoms with Crippen LogP contribution in [0.2, 0.25) is 0 Å². The van der Waals surface area contributed by atoms with Crippen LogP contribution in [0.4, 0.5) is 0 Å². The molecule has 0 bridgehead atoms. The Bertz CT molecular complexity index is 661. The maximum atomic E-state index is 12.1. The second-order valence-corrected chi connectivity index (χ2v) is 8.77. The number of benzene rings is 1. The van der Waals surface area contributed by atoms with Gasteiger partial charge in [0.1, 0.15) is 0 Å². The molecule has 1 amide bonds. The Balaban J connectivity index is 1.99. The molecule has 0 saturated carbocycles. The molecular formula is C16H25N3O3S. The molecule has 1 heterocycles. The van der Waals surface area contributed by atoms with Crippen LogP contribution in [0.25, 0.3) is 0 Å². The van der Waals surface area contributed by atoms with E-state index in [1.54, 1.807) is 45.0 Å². The van der Waals surface area contributed by atoms with Gasteiger partial charge in [-0.05, 0) is 38.5 Å². The van der Waals surface area contributed by atoms with E-state index in [4.69, 9.17) is 0 Å². The van der Waals surface area contributed by atoms with Crippen LogP contribution in [0.15, 0.2) is 24.3 Å². The highest BCUT2D eigenvalue weighted by atomic mass is 32.2. The van der Waals surface area contributed by atoms with E-state index in [0.717, 1.165) is 13.1 Å². The van der Waals surface area contributed by atoms with Gasteiger partial charge in [0.2, 0.25) is 10.0 Å². The first-order valence-electron chi connectivity index (χ1n) is 7.74. The third-order valence-corrected chi connectivity index (χ3v) is 5.06. The van der Waals surface area contributed by atoms with Gasteiger partial charge in [-0.3, -0.25) is 4.79 Å². The summed E-state index contributed by atoms with van der Waals surface area (Å²) in [5.74, 6) is 0.177. The van der Waals surface area contributed by atoms with Crippen molar-refractivity contribution in [3.63, 3.8) is 0 Å². The first-order valence-corrected chi connectivity index (χ1v) is 9.39. The highest BCUT2D eigenvalue weighted by Crippen LogP contribution is 2.12. The number of sulfonamides is 1. The average molecular weight is 339 g/mol. The van der Waals surface area contributed by atoms with Gasteiger partial charge in [0.15, 0.2) is 0 Å². The number of carbonyl (C=O) groups excluding carboxylic acids is 1. The fourth-order valence-electron chi connectivity index (χ4n) is 2.36. The lowest BCUT2D eigenvalue weighted by Gasteiger charge is -2.27. The predicted octanol–water partition coefficient (Wildman–Crippen LogP) is 0.854. The Kier molecular flexibility index (Phi) is 5.44. The molecule has 1 fully saturated rings. The van der Waals surface area contributed by atoms with E-state index >= 15 is 0 Å².